The SMILES string of the molecule is CC(=O)C1(CCCCC(O)CCCCC2(C(=O)OP)CC2)CC1. The van der Waals surface area contributed by atoms with Gasteiger partial charge in [0.15, 0.2) is 0 Å². The Morgan fingerprint density at radius 1 is 1.00 bits per heavy atom. The summed E-state index contributed by atoms with van der Waals surface area (Å²) in [6.45, 7) is 1.71. The van der Waals surface area contributed by atoms with E-state index in [4.69, 9.17) is 4.52 Å². The van der Waals surface area contributed by atoms with E-state index >= 15 is 0 Å². The molecule has 2 fully saturated rings. The lowest BCUT2D eigenvalue weighted by molar-refractivity contribution is -0.139. The highest BCUT2D eigenvalue weighted by molar-refractivity contribution is 7.10. The molecule has 0 radical (unpaired) electrons. The molecule has 2 aliphatic carbocycles. The lowest BCUT2D eigenvalue weighted by Crippen LogP contribution is -2.15. The van der Waals surface area contributed by atoms with Gasteiger partial charge in [0.05, 0.1) is 21.0 Å². The number of aliphatic hydroxyl groups excluding tert-OH is 1. The summed E-state index contributed by atoms with van der Waals surface area (Å²) in [5, 5.41) is 10.0. The third kappa shape index (κ3) is 5.26. The average molecular weight is 342 g/mol. The molecule has 1 N–H and O–H groups in total. The molecule has 0 heterocycles. The molecule has 0 saturated heterocycles. The smallest absolute Gasteiger partial charge is 0.314 e. The molecule has 0 aromatic rings. The van der Waals surface area contributed by atoms with Crippen LogP contribution in [0.2, 0.25) is 0 Å². The zero-order valence-corrected chi connectivity index (χ0v) is 15.5. The summed E-state index contributed by atoms with van der Waals surface area (Å²) in [5.41, 5.74) is -0.201. The van der Waals surface area contributed by atoms with Crippen LogP contribution in [0.3, 0.4) is 0 Å². The molecule has 0 bridgehead atoms. The molecule has 23 heavy (non-hydrogen) atoms. The quantitative estimate of drug-likeness (QED) is 0.431. The van der Waals surface area contributed by atoms with Gasteiger partial charge in [-0.3, -0.25) is 9.59 Å². The molecule has 132 valence electrons. The fraction of sp³-hybridized carbons (Fsp3) is 0.889. The number of hydrogen-bond acceptors (Lipinski definition) is 4. The summed E-state index contributed by atoms with van der Waals surface area (Å²) in [7, 11) is 2.05. The fourth-order valence-corrected chi connectivity index (χ4v) is 3.84. The van der Waals surface area contributed by atoms with Crippen molar-refractivity contribution < 1.29 is 19.2 Å². The Morgan fingerprint density at radius 3 is 1.87 bits per heavy atom. The Labute approximate surface area is 142 Å². The van der Waals surface area contributed by atoms with Crippen molar-refractivity contribution in [1.29, 1.82) is 0 Å². The third-order valence-electron chi connectivity index (χ3n) is 5.88. The van der Waals surface area contributed by atoms with Crippen molar-refractivity contribution >= 4 is 21.2 Å². The van der Waals surface area contributed by atoms with Crippen LogP contribution in [-0.4, -0.2) is 23.0 Å². The van der Waals surface area contributed by atoms with Gasteiger partial charge in [-0.05, 0) is 58.3 Å². The van der Waals surface area contributed by atoms with Gasteiger partial charge in [-0.15, -0.1) is 0 Å². The highest BCUT2D eigenvalue weighted by Crippen LogP contribution is 2.51. The number of hydrogen-bond donors (Lipinski definition) is 1. The van der Waals surface area contributed by atoms with Crippen molar-refractivity contribution in [3.8, 4) is 0 Å². The van der Waals surface area contributed by atoms with Crippen LogP contribution in [0.5, 0.6) is 0 Å². The van der Waals surface area contributed by atoms with E-state index in [9.17, 15) is 14.7 Å². The second kappa shape index (κ2) is 8.07. The Balaban J connectivity index is 1.48. The van der Waals surface area contributed by atoms with E-state index in [1.165, 1.54) is 0 Å². The first kappa shape index (κ1) is 18.9. The number of rotatable bonds is 12. The van der Waals surface area contributed by atoms with Crippen LogP contribution in [0.1, 0.15) is 84.0 Å². The minimum Gasteiger partial charge on any atom is -0.451 e. The van der Waals surface area contributed by atoms with E-state index in [0.29, 0.717) is 5.78 Å². The van der Waals surface area contributed by atoms with Crippen LogP contribution >= 0.6 is 9.47 Å². The second-order valence-corrected chi connectivity index (χ2v) is 7.90. The first-order valence-corrected chi connectivity index (χ1v) is 9.52. The van der Waals surface area contributed by atoms with Crippen molar-refractivity contribution in [3.63, 3.8) is 0 Å². The third-order valence-corrected chi connectivity index (χ3v) is 6.09. The fourth-order valence-electron chi connectivity index (χ4n) is 3.59. The lowest BCUT2D eigenvalue weighted by Gasteiger charge is -2.14. The van der Waals surface area contributed by atoms with Crippen LogP contribution in [0.15, 0.2) is 0 Å². The van der Waals surface area contributed by atoms with Crippen molar-refractivity contribution in [2.45, 2.75) is 90.1 Å². The summed E-state index contributed by atoms with van der Waals surface area (Å²) >= 11 is 0. The van der Waals surface area contributed by atoms with Crippen LogP contribution in [-0.2, 0) is 14.1 Å². The van der Waals surface area contributed by atoms with Gasteiger partial charge < -0.3 is 9.63 Å². The van der Waals surface area contributed by atoms with Crippen molar-refractivity contribution in [2.24, 2.45) is 10.8 Å². The standard InChI is InChI=1S/C18H31O4P/c1-14(19)17(10-11-17)8-4-2-6-15(20)7-3-5-9-18(12-13-18)16(21)22-23/h15,20H,2-13,23H2,1H3. The van der Waals surface area contributed by atoms with E-state index in [1.807, 2.05) is 9.47 Å². The molecular weight excluding hydrogens is 311 g/mol. The normalized spacial score (nSPS) is 21.5. The Bertz CT molecular complexity index is 427. The summed E-state index contributed by atoms with van der Waals surface area (Å²) in [6, 6.07) is 0. The molecule has 0 spiro atoms. The van der Waals surface area contributed by atoms with Gasteiger partial charge in [0.1, 0.15) is 5.78 Å². The van der Waals surface area contributed by atoms with E-state index in [2.05, 4.69) is 0 Å². The van der Waals surface area contributed by atoms with Crippen molar-refractivity contribution in [2.75, 3.05) is 0 Å². The maximum absolute atomic E-state index is 11.6. The molecule has 2 atom stereocenters. The van der Waals surface area contributed by atoms with Crippen LogP contribution in [0, 0.1) is 10.8 Å². The van der Waals surface area contributed by atoms with Crippen LogP contribution < -0.4 is 0 Å². The van der Waals surface area contributed by atoms with Crippen molar-refractivity contribution in [1.82, 2.24) is 0 Å². The first-order valence-electron chi connectivity index (χ1n) is 9.04. The Kier molecular flexibility index (Phi) is 6.62. The number of carbonyl (C=O) groups is 2. The molecule has 0 amide bonds. The lowest BCUT2D eigenvalue weighted by atomic mass is 9.93. The number of unbranched alkanes of at least 4 members (excludes halogenated alkanes) is 2. The molecule has 0 aliphatic heterocycles. The molecule has 2 saturated carbocycles. The van der Waals surface area contributed by atoms with Gasteiger partial charge in [-0.2, -0.15) is 0 Å². The predicted molar refractivity (Wildman–Crippen MR) is 92.8 cm³/mol. The first-order chi connectivity index (χ1) is 10.9. The number of Topliss-reactive ketones (excluding diaryl/α,β-unsaturated/α-hetero) is 1. The van der Waals surface area contributed by atoms with Gasteiger partial charge in [-0.25, -0.2) is 0 Å². The molecule has 5 heteroatoms. The zero-order valence-electron chi connectivity index (χ0n) is 14.3. The summed E-state index contributed by atoms with van der Waals surface area (Å²) in [5.74, 6) is 0.249. The summed E-state index contributed by atoms with van der Waals surface area (Å²) < 4.78 is 4.77. The minimum absolute atomic E-state index is 0.00963. The molecule has 2 aliphatic rings. The number of aliphatic hydroxyl groups is 1. The van der Waals surface area contributed by atoms with Crippen LogP contribution in [0.25, 0.3) is 0 Å². The Morgan fingerprint density at radius 2 is 1.48 bits per heavy atom. The van der Waals surface area contributed by atoms with E-state index in [1.54, 1.807) is 6.92 Å². The number of ketones is 1. The Hall–Kier alpha value is -0.470. The van der Waals surface area contributed by atoms with Gasteiger partial charge in [0.25, 0.3) is 0 Å². The van der Waals surface area contributed by atoms with E-state index in [0.717, 1.165) is 77.0 Å². The summed E-state index contributed by atoms with van der Waals surface area (Å²) in [6.07, 6.45) is 11.3. The highest BCUT2D eigenvalue weighted by atomic mass is 31.0. The van der Waals surface area contributed by atoms with Gasteiger partial charge in [0.2, 0.25) is 0 Å². The number of carbonyl (C=O) groups excluding carboxylic acids is 2. The minimum atomic E-state index is -0.244. The van der Waals surface area contributed by atoms with Gasteiger partial charge in [-0.1, -0.05) is 25.7 Å². The molecular formula is C18H31O4P. The molecule has 4 nitrogen and oxygen atoms in total. The zero-order chi connectivity index (χ0) is 16.9. The summed E-state index contributed by atoms with van der Waals surface area (Å²) in [4.78, 5) is 23.1. The van der Waals surface area contributed by atoms with Crippen molar-refractivity contribution in [3.05, 3.63) is 0 Å². The largest absolute Gasteiger partial charge is 0.451 e. The van der Waals surface area contributed by atoms with Gasteiger partial charge >= 0.3 is 5.97 Å². The van der Waals surface area contributed by atoms with Crippen LogP contribution in [0.4, 0.5) is 0 Å². The van der Waals surface area contributed by atoms with E-state index in [-0.39, 0.29) is 22.9 Å². The molecule has 2 rings (SSSR count). The van der Waals surface area contributed by atoms with E-state index < -0.39 is 0 Å². The average Bonchev–Trinajstić information content (AvgIpc) is 3.43. The second-order valence-electron chi connectivity index (χ2n) is 7.67. The maximum atomic E-state index is 11.6. The van der Waals surface area contributed by atoms with Gasteiger partial charge in [0, 0.05) is 5.41 Å². The highest BCUT2D eigenvalue weighted by Gasteiger charge is 2.50. The molecule has 2 unspecified atom stereocenters. The monoisotopic (exact) mass is 342 g/mol. The topological polar surface area (TPSA) is 63.6 Å². The molecule has 0 aromatic heterocycles. The predicted octanol–water partition coefficient (Wildman–Crippen LogP) is 3.95. The maximum Gasteiger partial charge on any atom is 0.314 e. The molecule has 0 aromatic carbocycles.